The standard InChI is InChI=1S/C25H23Si2/c1-26(22-14-6-2-7-15-22)27(23-16-8-3-9-17-23,24-18-10-4-11-19-24)25-20-12-5-13-21-25/h2-21H,1H3. The molecule has 4 aromatic carbocycles. The normalized spacial score (nSPS) is 11.5. The van der Waals surface area contributed by atoms with Crippen LogP contribution in [0.5, 0.6) is 0 Å². The summed E-state index contributed by atoms with van der Waals surface area (Å²) in [5.41, 5.74) is 0. The predicted molar refractivity (Wildman–Crippen MR) is 122 cm³/mol. The molecule has 0 aromatic heterocycles. The van der Waals surface area contributed by atoms with E-state index < -0.39 is 15.9 Å². The van der Waals surface area contributed by atoms with Gasteiger partial charge in [0.25, 0.3) is 0 Å². The van der Waals surface area contributed by atoms with Crippen LogP contribution in [-0.2, 0) is 0 Å². The highest BCUT2D eigenvalue weighted by molar-refractivity contribution is 7.52. The van der Waals surface area contributed by atoms with Gasteiger partial charge in [0.2, 0.25) is 0 Å². The van der Waals surface area contributed by atoms with Crippen LogP contribution < -0.4 is 20.7 Å². The van der Waals surface area contributed by atoms with E-state index in [-0.39, 0.29) is 0 Å². The minimum atomic E-state index is -2.17. The lowest BCUT2D eigenvalue weighted by atomic mass is 10.3. The second kappa shape index (κ2) is 7.91. The van der Waals surface area contributed by atoms with Crippen LogP contribution in [0.25, 0.3) is 0 Å². The quantitative estimate of drug-likeness (QED) is 0.369. The monoisotopic (exact) mass is 379 g/mol. The molecule has 0 nitrogen and oxygen atoms in total. The van der Waals surface area contributed by atoms with Crippen LogP contribution in [0.3, 0.4) is 0 Å². The van der Waals surface area contributed by atoms with E-state index >= 15 is 0 Å². The molecular formula is C25H23Si2. The van der Waals surface area contributed by atoms with Gasteiger partial charge in [0.05, 0.1) is 8.31 Å². The molecule has 0 aliphatic carbocycles. The molecule has 0 saturated heterocycles. The van der Waals surface area contributed by atoms with Crippen LogP contribution in [0, 0.1) is 0 Å². The second-order valence-electron chi connectivity index (χ2n) is 6.84. The smallest absolute Gasteiger partial charge is 0.0680 e. The summed E-state index contributed by atoms with van der Waals surface area (Å²) < 4.78 is 0. The van der Waals surface area contributed by atoms with E-state index in [9.17, 15) is 0 Å². The van der Waals surface area contributed by atoms with Crippen molar-refractivity contribution in [3.63, 3.8) is 0 Å². The van der Waals surface area contributed by atoms with Gasteiger partial charge in [-0.1, -0.05) is 149 Å². The van der Waals surface area contributed by atoms with Crippen LogP contribution in [0.1, 0.15) is 0 Å². The van der Waals surface area contributed by atoms with Crippen LogP contribution in [0.15, 0.2) is 121 Å². The van der Waals surface area contributed by atoms with E-state index in [4.69, 9.17) is 0 Å². The zero-order chi connectivity index (χ0) is 18.5. The molecule has 0 atom stereocenters. The lowest BCUT2D eigenvalue weighted by Crippen LogP contribution is -2.78. The molecule has 0 heterocycles. The van der Waals surface area contributed by atoms with Crippen molar-refractivity contribution >= 4 is 36.7 Å². The first-order chi connectivity index (χ1) is 13.3. The van der Waals surface area contributed by atoms with Crippen LogP contribution >= 0.6 is 0 Å². The third kappa shape index (κ3) is 3.22. The Kier molecular flexibility index (Phi) is 5.19. The van der Waals surface area contributed by atoms with Crippen molar-refractivity contribution in [2.45, 2.75) is 6.55 Å². The van der Waals surface area contributed by atoms with E-state index in [2.05, 4.69) is 128 Å². The second-order valence-corrected chi connectivity index (χ2v) is 16.4. The fourth-order valence-electron chi connectivity index (χ4n) is 4.12. The molecule has 4 aromatic rings. The van der Waals surface area contributed by atoms with Crippen LogP contribution in [0.4, 0.5) is 0 Å². The molecule has 27 heavy (non-hydrogen) atoms. The Morgan fingerprint density at radius 1 is 0.444 bits per heavy atom. The summed E-state index contributed by atoms with van der Waals surface area (Å²) in [6.07, 6.45) is 0. The largest absolute Gasteiger partial charge is 0.142 e. The first-order valence-corrected chi connectivity index (χ1v) is 14.4. The Balaban J connectivity index is 2.07. The minimum absolute atomic E-state index is 0.883. The van der Waals surface area contributed by atoms with Crippen LogP contribution in [-0.4, -0.2) is 15.9 Å². The third-order valence-corrected chi connectivity index (χ3v) is 18.2. The molecule has 0 saturated carbocycles. The van der Waals surface area contributed by atoms with Crippen LogP contribution in [0.2, 0.25) is 6.55 Å². The summed E-state index contributed by atoms with van der Waals surface area (Å²) in [6.45, 7) is 2.51. The highest BCUT2D eigenvalue weighted by atomic mass is 29.2. The lowest BCUT2D eigenvalue weighted by molar-refractivity contribution is 1.69. The summed E-state index contributed by atoms with van der Waals surface area (Å²) >= 11 is 0. The van der Waals surface area contributed by atoms with Gasteiger partial charge in [0.15, 0.2) is 0 Å². The molecule has 131 valence electrons. The number of rotatable bonds is 5. The van der Waals surface area contributed by atoms with Gasteiger partial charge in [-0.05, 0) is 0 Å². The van der Waals surface area contributed by atoms with Gasteiger partial charge in [-0.15, -0.1) is 0 Å². The summed E-state index contributed by atoms with van der Waals surface area (Å²) in [4.78, 5) is 0. The first-order valence-electron chi connectivity index (χ1n) is 9.39. The molecule has 1 radical (unpaired) electrons. The SMILES string of the molecule is C[Si](c1ccccc1)[Si](c1ccccc1)(c1ccccc1)c1ccccc1. The number of hydrogen-bond acceptors (Lipinski definition) is 0. The van der Waals surface area contributed by atoms with E-state index in [1.807, 2.05) is 0 Å². The van der Waals surface area contributed by atoms with Crippen molar-refractivity contribution in [2.75, 3.05) is 0 Å². The zero-order valence-corrected chi connectivity index (χ0v) is 17.5. The van der Waals surface area contributed by atoms with Crippen molar-refractivity contribution < 1.29 is 0 Å². The van der Waals surface area contributed by atoms with Crippen molar-refractivity contribution in [1.29, 1.82) is 0 Å². The third-order valence-electron chi connectivity index (χ3n) is 5.39. The maximum absolute atomic E-state index is 2.51. The number of benzene rings is 4. The Bertz CT molecular complexity index is 871. The van der Waals surface area contributed by atoms with Gasteiger partial charge in [-0.2, -0.15) is 0 Å². The summed E-state index contributed by atoms with van der Waals surface area (Å²) in [6, 6.07) is 44.8. The van der Waals surface area contributed by atoms with Crippen molar-refractivity contribution in [3.05, 3.63) is 121 Å². The highest BCUT2D eigenvalue weighted by Gasteiger charge is 2.45. The first kappa shape index (κ1) is 17.7. The van der Waals surface area contributed by atoms with E-state index in [0.29, 0.717) is 0 Å². The molecule has 0 fully saturated rings. The summed E-state index contributed by atoms with van der Waals surface area (Å²) in [5, 5.41) is 6.01. The van der Waals surface area contributed by atoms with Gasteiger partial charge < -0.3 is 0 Å². The zero-order valence-electron chi connectivity index (χ0n) is 15.5. The van der Waals surface area contributed by atoms with Gasteiger partial charge in [-0.3, -0.25) is 0 Å². The maximum Gasteiger partial charge on any atom is 0.142 e. The Morgan fingerprint density at radius 3 is 1.07 bits per heavy atom. The maximum atomic E-state index is 2.51. The van der Waals surface area contributed by atoms with Gasteiger partial charge in [-0.25, -0.2) is 0 Å². The Morgan fingerprint density at radius 2 is 0.741 bits per heavy atom. The molecule has 0 bridgehead atoms. The number of hydrogen-bond donors (Lipinski definition) is 0. The molecular weight excluding hydrogens is 356 g/mol. The summed E-state index contributed by atoms with van der Waals surface area (Å²) in [5.74, 6) is 0. The Hall–Kier alpha value is -2.69. The minimum Gasteiger partial charge on any atom is -0.0680 e. The van der Waals surface area contributed by atoms with Crippen molar-refractivity contribution in [3.8, 4) is 0 Å². The highest BCUT2D eigenvalue weighted by Crippen LogP contribution is 2.12. The predicted octanol–water partition coefficient (Wildman–Crippen LogP) is 3.27. The molecule has 0 aliphatic heterocycles. The van der Waals surface area contributed by atoms with Gasteiger partial charge in [0, 0.05) is 0 Å². The average molecular weight is 380 g/mol. The van der Waals surface area contributed by atoms with E-state index in [0.717, 1.165) is 0 Å². The van der Waals surface area contributed by atoms with Gasteiger partial charge >= 0.3 is 0 Å². The lowest BCUT2D eigenvalue weighted by Gasteiger charge is -2.38. The fraction of sp³-hybridized carbons (Fsp3) is 0.0400. The molecule has 0 unspecified atom stereocenters. The molecule has 4 rings (SSSR count). The van der Waals surface area contributed by atoms with E-state index in [1.165, 1.54) is 20.7 Å². The van der Waals surface area contributed by atoms with Gasteiger partial charge in [0.1, 0.15) is 7.59 Å². The van der Waals surface area contributed by atoms with Crippen molar-refractivity contribution in [1.82, 2.24) is 0 Å². The average Bonchev–Trinajstić information content (AvgIpc) is 2.77. The molecule has 2 heteroatoms. The Labute approximate surface area is 164 Å². The van der Waals surface area contributed by atoms with Crippen molar-refractivity contribution in [2.24, 2.45) is 0 Å². The molecule has 0 N–H and O–H groups in total. The molecule has 0 amide bonds. The summed E-state index contributed by atoms with van der Waals surface area (Å²) in [7, 11) is -3.05. The topological polar surface area (TPSA) is 0 Å². The molecule has 0 aliphatic rings. The fourth-order valence-corrected chi connectivity index (χ4v) is 16.8. The van der Waals surface area contributed by atoms with E-state index in [1.54, 1.807) is 0 Å². The molecule has 0 spiro atoms.